The molecule has 3 aliphatic rings. The summed E-state index contributed by atoms with van der Waals surface area (Å²) >= 11 is 0. The van der Waals surface area contributed by atoms with Crippen molar-refractivity contribution in [1.29, 1.82) is 0 Å². The molecule has 1 fully saturated rings. The van der Waals surface area contributed by atoms with Crippen molar-refractivity contribution >= 4 is 11.7 Å². The molecule has 4 atom stereocenters. The lowest BCUT2D eigenvalue weighted by Crippen LogP contribution is -2.30. The first-order valence-corrected chi connectivity index (χ1v) is 13.1. The number of aromatic nitrogens is 1. The molecule has 1 aliphatic heterocycles. The number of aryl methyl sites for hydroxylation is 1. The summed E-state index contributed by atoms with van der Waals surface area (Å²) in [5, 5.41) is 19.6. The maximum absolute atomic E-state index is 12.2. The third-order valence-corrected chi connectivity index (χ3v) is 8.07. The second-order valence-corrected chi connectivity index (χ2v) is 10.5. The summed E-state index contributed by atoms with van der Waals surface area (Å²) in [6.45, 7) is 5.71. The number of allylic oxidation sites excluding steroid dienone is 4. The predicted molar refractivity (Wildman–Crippen MR) is 144 cm³/mol. The number of nitrogens with one attached hydrogen (secondary N) is 1. The zero-order valence-electron chi connectivity index (χ0n) is 21.7. The number of rotatable bonds is 7. The zero-order chi connectivity index (χ0) is 26.4. The van der Waals surface area contributed by atoms with Gasteiger partial charge in [-0.05, 0) is 55.9 Å². The van der Waals surface area contributed by atoms with Crippen LogP contribution in [0.1, 0.15) is 61.1 Å². The molecule has 0 amide bonds. The first kappa shape index (κ1) is 24.4. The molecule has 0 spiro atoms. The highest BCUT2D eigenvalue weighted by atomic mass is 16.5. The van der Waals surface area contributed by atoms with Gasteiger partial charge in [0.15, 0.2) is 5.76 Å². The molecule has 2 aliphatic carbocycles. The Kier molecular flexibility index (Phi) is 6.03. The van der Waals surface area contributed by atoms with E-state index in [0.29, 0.717) is 22.9 Å². The number of nitrogens with zero attached hydrogens (tertiary/aromatic N) is 2. The van der Waals surface area contributed by atoms with Crippen LogP contribution in [0.25, 0.3) is 11.3 Å². The third-order valence-electron chi connectivity index (χ3n) is 8.07. The molecule has 38 heavy (non-hydrogen) atoms. The first-order valence-electron chi connectivity index (χ1n) is 13.1. The van der Waals surface area contributed by atoms with Gasteiger partial charge in [0.1, 0.15) is 11.9 Å². The van der Waals surface area contributed by atoms with Crippen molar-refractivity contribution in [3.05, 3.63) is 101 Å². The number of Topliss-reactive ketones (excluding diaryl/α,β-unsaturated/α-hetero) is 1. The van der Waals surface area contributed by atoms with Gasteiger partial charge in [0, 0.05) is 17.0 Å². The van der Waals surface area contributed by atoms with Gasteiger partial charge in [-0.1, -0.05) is 72.8 Å². The highest BCUT2D eigenvalue weighted by molar-refractivity contribution is 5.94. The number of ether oxygens (including phenoxy) is 1. The molecule has 2 N–H and O–H groups in total. The molecule has 1 saturated carbocycles. The van der Waals surface area contributed by atoms with E-state index in [0.717, 1.165) is 24.0 Å². The van der Waals surface area contributed by atoms with Crippen LogP contribution in [-0.2, 0) is 9.53 Å². The second kappa shape index (κ2) is 9.40. The molecule has 1 aromatic heterocycles. The van der Waals surface area contributed by atoms with Crippen LogP contribution >= 0.6 is 0 Å². The Morgan fingerprint density at radius 2 is 1.84 bits per heavy atom. The van der Waals surface area contributed by atoms with E-state index in [9.17, 15) is 9.90 Å². The van der Waals surface area contributed by atoms with Gasteiger partial charge < -0.3 is 14.4 Å². The molecular weight excluding hydrogens is 478 g/mol. The predicted octanol–water partition coefficient (Wildman–Crippen LogP) is 5.58. The van der Waals surface area contributed by atoms with Crippen LogP contribution in [0, 0.1) is 18.3 Å². The summed E-state index contributed by atoms with van der Waals surface area (Å²) in [4.78, 5) is 12.2. The van der Waals surface area contributed by atoms with Crippen LogP contribution in [0.3, 0.4) is 0 Å². The largest absolute Gasteiger partial charge is 0.448 e. The van der Waals surface area contributed by atoms with Gasteiger partial charge >= 0.3 is 0 Å². The molecule has 6 rings (SSSR count). The van der Waals surface area contributed by atoms with Crippen LogP contribution in [0.2, 0.25) is 0 Å². The number of aliphatic hydroxyl groups excluding tert-OH is 1. The fourth-order valence-electron chi connectivity index (χ4n) is 5.61. The minimum absolute atomic E-state index is 0.224. The van der Waals surface area contributed by atoms with E-state index in [4.69, 9.17) is 9.26 Å². The quantitative estimate of drug-likeness (QED) is 0.432. The van der Waals surface area contributed by atoms with Crippen LogP contribution < -0.4 is 5.43 Å². The number of aliphatic hydroxyl groups is 1. The number of carbonyl (C=O) groups is 1. The number of carbonyl (C=O) groups excluding carboxylic acids is 1. The normalized spacial score (nSPS) is 24.2. The van der Waals surface area contributed by atoms with E-state index >= 15 is 0 Å². The average molecular weight is 510 g/mol. The van der Waals surface area contributed by atoms with Crippen molar-refractivity contribution in [2.24, 2.45) is 16.4 Å². The van der Waals surface area contributed by atoms with Crippen molar-refractivity contribution in [2.75, 3.05) is 0 Å². The second-order valence-electron chi connectivity index (χ2n) is 10.5. The van der Waals surface area contributed by atoms with Crippen molar-refractivity contribution in [3.8, 4) is 11.3 Å². The topological polar surface area (TPSA) is 97.0 Å². The van der Waals surface area contributed by atoms with E-state index in [1.165, 1.54) is 11.1 Å². The Morgan fingerprint density at radius 3 is 2.50 bits per heavy atom. The molecule has 7 heteroatoms. The maximum Gasteiger partial charge on any atom is 0.240 e. The molecule has 2 heterocycles. The third kappa shape index (κ3) is 4.17. The molecule has 194 valence electrons. The summed E-state index contributed by atoms with van der Waals surface area (Å²) < 4.78 is 11.6. The monoisotopic (exact) mass is 509 g/mol. The fourth-order valence-corrected chi connectivity index (χ4v) is 5.61. The highest BCUT2D eigenvalue weighted by Gasteiger charge is 2.50. The molecule has 7 nitrogen and oxygen atoms in total. The van der Waals surface area contributed by atoms with Crippen LogP contribution in [0.5, 0.6) is 0 Å². The molecular formula is C31H31N3O4. The van der Waals surface area contributed by atoms with E-state index in [1.807, 2.05) is 42.5 Å². The Bertz CT molecular complexity index is 1450. The van der Waals surface area contributed by atoms with Gasteiger partial charge in [0.2, 0.25) is 12.1 Å². The van der Waals surface area contributed by atoms with Crippen LogP contribution in [0.4, 0.5) is 0 Å². The van der Waals surface area contributed by atoms with Gasteiger partial charge in [0.05, 0.1) is 16.7 Å². The molecule has 2 aromatic carbocycles. The summed E-state index contributed by atoms with van der Waals surface area (Å²) in [5.41, 5.74) is 7.81. The molecule has 0 radical (unpaired) electrons. The SMILES string of the molecule is CC(=O)C1(C2=CC(C)C(c3ccc(-c4onc(C)c4C(O)C4NN=C(c5ccccc5)O4)cc3)C=C2)CC1. The molecule has 0 bridgehead atoms. The van der Waals surface area contributed by atoms with Gasteiger partial charge in [0.25, 0.3) is 0 Å². The van der Waals surface area contributed by atoms with Crippen LogP contribution in [-0.4, -0.2) is 28.2 Å². The van der Waals surface area contributed by atoms with Gasteiger partial charge in [-0.25, -0.2) is 0 Å². The molecule has 3 aromatic rings. The van der Waals surface area contributed by atoms with Crippen molar-refractivity contribution in [2.45, 2.75) is 51.9 Å². The zero-order valence-corrected chi connectivity index (χ0v) is 21.7. The van der Waals surface area contributed by atoms with E-state index < -0.39 is 12.3 Å². The summed E-state index contributed by atoms with van der Waals surface area (Å²) in [6.07, 6.45) is 6.73. The summed E-state index contributed by atoms with van der Waals surface area (Å²) in [6, 6.07) is 17.7. The number of ketones is 1. The minimum atomic E-state index is -1.04. The van der Waals surface area contributed by atoms with E-state index in [2.05, 4.69) is 53.0 Å². The fraction of sp³-hybridized carbons (Fsp3) is 0.323. The highest BCUT2D eigenvalue weighted by Crippen LogP contribution is 2.55. The number of hydrogen-bond donors (Lipinski definition) is 2. The van der Waals surface area contributed by atoms with E-state index in [-0.39, 0.29) is 23.0 Å². The van der Waals surface area contributed by atoms with Crippen molar-refractivity contribution < 1.29 is 19.2 Å². The lowest BCUT2D eigenvalue weighted by molar-refractivity contribution is -0.120. The lowest BCUT2D eigenvalue weighted by atomic mass is 9.77. The Labute approximate surface area is 221 Å². The summed E-state index contributed by atoms with van der Waals surface area (Å²) in [5.74, 6) is 1.71. The van der Waals surface area contributed by atoms with Crippen molar-refractivity contribution in [1.82, 2.24) is 10.6 Å². The minimum Gasteiger partial charge on any atom is -0.448 e. The van der Waals surface area contributed by atoms with Crippen LogP contribution in [0.15, 0.2) is 88.0 Å². The van der Waals surface area contributed by atoms with Gasteiger partial charge in [-0.15, -0.1) is 5.10 Å². The van der Waals surface area contributed by atoms with Gasteiger partial charge in [-0.2, -0.15) is 0 Å². The first-order chi connectivity index (χ1) is 18.4. The number of benzene rings is 2. The van der Waals surface area contributed by atoms with Gasteiger partial charge in [-0.3, -0.25) is 10.2 Å². The Hall–Kier alpha value is -3.97. The lowest BCUT2D eigenvalue weighted by Gasteiger charge is -2.26. The smallest absolute Gasteiger partial charge is 0.240 e. The Morgan fingerprint density at radius 1 is 1.11 bits per heavy atom. The number of hydrogen-bond acceptors (Lipinski definition) is 7. The summed E-state index contributed by atoms with van der Waals surface area (Å²) in [7, 11) is 0. The molecule has 4 unspecified atom stereocenters. The number of hydrazone groups is 1. The average Bonchev–Trinajstić information content (AvgIpc) is 3.45. The van der Waals surface area contributed by atoms with Crippen molar-refractivity contribution in [3.63, 3.8) is 0 Å². The molecule has 0 saturated heterocycles. The Balaban J connectivity index is 1.19. The van der Waals surface area contributed by atoms with E-state index in [1.54, 1.807) is 13.8 Å². The standard InChI is InChI=1S/C31H31N3O4/c1-18-17-24(31(15-16-31)20(3)35)13-14-25(18)21-9-11-22(12-10-21)28-26(19(2)34-38-28)27(36)30-33-32-29(37-30)23-7-5-4-6-8-23/h4-14,17-18,25,27,30,33,36H,15-16H2,1-3H3. The maximum atomic E-state index is 12.2.